The first-order valence-corrected chi connectivity index (χ1v) is 6.95. The Hall–Kier alpha value is -2.13. The van der Waals surface area contributed by atoms with E-state index in [1.54, 1.807) is 0 Å². The van der Waals surface area contributed by atoms with E-state index in [4.69, 9.17) is 4.74 Å². The summed E-state index contributed by atoms with van der Waals surface area (Å²) < 4.78 is 7.88. The van der Waals surface area contributed by atoms with Gasteiger partial charge >= 0.3 is 0 Å². The highest BCUT2D eigenvalue weighted by Gasteiger charge is 2.00. The molecule has 0 bridgehead atoms. The number of aryl methyl sites for hydroxylation is 1. The molecule has 2 aromatic carbocycles. The largest absolute Gasteiger partial charge is 0.377 e. The van der Waals surface area contributed by atoms with Gasteiger partial charge in [-0.2, -0.15) is 0 Å². The smallest absolute Gasteiger partial charge is 0.0958 e. The van der Waals surface area contributed by atoms with E-state index < -0.39 is 0 Å². The van der Waals surface area contributed by atoms with Crippen molar-refractivity contribution in [1.29, 1.82) is 0 Å². The molecule has 1 aromatic heterocycles. The fraction of sp³-hybridized carbons (Fsp3) is 0.235. The molecule has 0 atom stereocenters. The average Bonchev–Trinajstić information content (AvgIpc) is 2.91. The second-order valence-electron chi connectivity index (χ2n) is 4.82. The van der Waals surface area contributed by atoms with Gasteiger partial charge in [0.25, 0.3) is 0 Å². The number of nitrogens with zero attached hydrogens (tertiary/aromatic N) is 2. The fourth-order valence-electron chi connectivity index (χ4n) is 2.29. The third-order valence-electron chi connectivity index (χ3n) is 3.33. The van der Waals surface area contributed by atoms with Gasteiger partial charge in [0.05, 0.1) is 24.0 Å². The first kappa shape index (κ1) is 12.9. The second kappa shape index (κ2) is 6.35. The van der Waals surface area contributed by atoms with Gasteiger partial charge < -0.3 is 9.30 Å². The van der Waals surface area contributed by atoms with Crippen molar-refractivity contribution in [2.24, 2.45) is 0 Å². The zero-order valence-corrected chi connectivity index (χ0v) is 11.4. The van der Waals surface area contributed by atoms with Gasteiger partial charge in [0.15, 0.2) is 0 Å². The van der Waals surface area contributed by atoms with Crippen LogP contribution < -0.4 is 0 Å². The number of benzene rings is 2. The van der Waals surface area contributed by atoms with Crippen molar-refractivity contribution in [2.75, 3.05) is 6.61 Å². The molecule has 0 aliphatic heterocycles. The van der Waals surface area contributed by atoms with Crippen molar-refractivity contribution in [1.82, 2.24) is 9.55 Å². The molecule has 3 heteroatoms. The van der Waals surface area contributed by atoms with Gasteiger partial charge in [-0.05, 0) is 24.1 Å². The molecular formula is C17H18N2O. The maximum absolute atomic E-state index is 5.70. The van der Waals surface area contributed by atoms with E-state index in [1.807, 2.05) is 42.7 Å². The molecule has 0 unspecified atom stereocenters. The van der Waals surface area contributed by atoms with E-state index in [9.17, 15) is 0 Å². The normalized spacial score (nSPS) is 11.0. The van der Waals surface area contributed by atoms with Crippen LogP contribution in [0.15, 0.2) is 60.9 Å². The third kappa shape index (κ3) is 3.06. The van der Waals surface area contributed by atoms with Crippen LogP contribution in [0.3, 0.4) is 0 Å². The standard InChI is InChI=1S/C17H18N2O/c1-2-7-15(8-3-1)13-20-12-6-11-19-14-18-16-9-4-5-10-17(16)19/h1-5,7-10,14H,6,11-13H2. The molecule has 0 radical (unpaired) electrons. The second-order valence-corrected chi connectivity index (χ2v) is 4.82. The van der Waals surface area contributed by atoms with Crippen LogP contribution >= 0.6 is 0 Å². The van der Waals surface area contributed by atoms with Crippen molar-refractivity contribution >= 4 is 11.0 Å². The quantitative estimate of drug-likeness (QED) is 0.637. The summed E-state index contributed by atoms with van der Waals surface area (Å²) in [5.41, 5.74) is 3.47. The summed E-state index contributed by atoms with van der Waals surface area (Å²) in [4.78, 5) is 4.39. The topological polar surface area (TPSA) is 27.1 Å². The van der Waals surface area contributed by atoms with Crippen LogP contribution in [-0.4, -0.2) is 16.2 Å². The fourth-order valence-corrected chi connectivity index (χ4v) is 2.29. The number of fused-ring (bicyclic) bond motifs is 1. The Balaban J connectivity index is 1.46. The SMILES string of the molecule is c1ccc(COCCCn2cnc3ccccc32)cc1. The Morgan fingerprint density at radius 2 is 1.75 bits per heavy atom. The van der Waals surface area contributed by atoms with Crippen LogP contribution in [0.5, 0.6) is 0 Å². The predicted molar refractivity (Wildman–Crippen MR) is 80.4 cm³/mol. The number of ether oxygens (including phenoxy) is 1. The molecule has 20 heavy (non-hydrogen) atoms. The molecule has 0 fully saturated rings. The van der Waals surface area contributed by atoms with Crippen LogP contribution in [0.4, 0.5) is 0 Å². The van der Waals surface area contributed by atoms with E-state index in [-0.39, 0.29) is 0 Å². The molecule has 0 N–H and O–H groups in total. The van der Waals surface area contributed by atoms with Crippen molar-refractivity contribution in [2.45, 2.75) is 19.6 Å². The van der Waals surface area contributed by atoms with E-state index in [0.29, 0.717) is 6.61 Å². The van der Waals surface area contributed by atoms with Gasteiger partial charge in [0.2, 0.25) is 0 Å². The van der Waals surface area contributed by atoms with Gasteiger partial charge in [-0.25, -0.2) is 4.98 Å². The van der Waals surface area contributed by atoms with E-state index in [2.05, 4.69) is 27.8 Å². The molecular weight excluding hydrogens is 248 g/mol. The number of rotatable bonds is 6. The van der Waals surface area contributed by atoms with Gasteiger partial charge in [-0.3, -0.25) is 0 Å². The summed E-state index contributed by atoms with van der Waals surface area (Å²) in [7, 11) is 0. The highest BCUT2D eigenvalue weighted by molar-refractivity contribution is 5.74. The Morgan fingerprint density at radius 1 is 0.950 bits per heavy atom. The Bertz CT molecular complexity index is 661. The Morgan fingerprint density at radius 3 is 2.65 bits per heavy atom. The van der Waals surface area contributed by atoms with Crippen molar-refractivity contribution in [3.8, 4) is 0 Å². The molecule has 3 nitrogen and oxygen atoms in total. The molecule has 3 rings (SSSR count). The predicted octanol–water partition coefficient (Wildman–Crippen LogP) is 3.64. The molecule has 3 aromatic rings. The Labute approximate surface area is 118 Å². The maximum atomic E-state index is 5.70. The lowest BCUT2D eigenvalue weighted by Crippen LogP contribution is -2.02. The minimum atomic E-state index is 0.686. The zero-order chi connectivity index (χ0) is 13.6. The van der Waals surface area contributed by atoms with Gasteiger partial charge in [0, 0.05) is 13.2 Å². The molecule has 0 spiro atoms. The number of hydrogen-bond donors (Lipinski definition) is 0. The summed E-state index contributed by atoms with van der Waals surface area (Å²) in [5, 5.41) is 0. The average molecular weight is 266 g/mol. The maximum Gasteiger partial charge on any atom is 0.0958 e. The molecule has 0 saturated carbocycles. The minimum absolute atomic E-state index is 0.686. The van der Waals surface area contributed by atoms with Crippen molar-refractivity contribution < 1.29 is 4.74 Å². The monoisotopic (exact) mass is 266 g/mol. The van der Waals surface area contributed by atoms with E-state index in [1.165, 1.54) is 11.1 Å². The van der Waals surface area contributed by atoms with Crippen LogP contribution in [0.25, 0.3) is 11.0 Å². The van der Waals surface area contributed by atoms with E-state index >= 15 is 0 Å². The molecule has 0 saturated heterocycles. The van der Waals surface area contributed by atoms with Crippen molar-refractivity contribution in [3.05, 3.63) is 66.5 Å². The highest BCUT2D eigenvalue weighted by atomic mass is 16.5. The molecule has 0 aliphatic carbocycles. The minimum Gasteiger partial charge on any atom is -0.377 e. The van der Waals surface area contributed by atoms with Crippen LogP contribution in [0, 0.1) is 0 Å². The highest BCUT2D eigenvalue weighted by Crippen LogP contribution is 2.12. The third-order valence-corrected chi connectivity index (χ3v) is 3.33. The van der Waals surface area contributed by atoms with Gasteiger partial charge in [-0.15, -0.1) is 0 Å². The number of imidazole rings is 1. The van der Waals surface area contributed by atoms with Crippen LogP contribution in [0.2, 0.25) is 0 Å². The number of hydrogen-bond acceptors (Lipinski definition) is 2. The summed E-state index contributed by atoms with van der Waals surface area (Å²) in [6, 6.07) is 18.5. The lowest BCUT2D eigenvalue weighted by atomic mass is 10.2. The summed E-state index contributed by atoms with van der Waals surface area (Å²) >= 11 is 0. The number of para-hydroxylation sites is 2. The first-order valence-electron chi connectivity index (χ1n) is 6.95. The van der Waals surface area contributed by atoms with E-state index in [0.717, 1.165) is 25.1 Å². The molecule has 0 aliphatic rings. The summed E-state index contributed by atoms with van der Waals surface area (Å²) in [5.74, 6) is 0. The zero-order valence-electron chi connectivity index (χ0n) is 11.4. The number of aromatic nitrogens is 2. The molecule has 102 valence electrons. The molecule has 0 amide bonds. The summed E-state index contributed by atoms with van der Waals surface area (Å²) in [6.45, 7) is 2.39. The lowest BCUT2D eigenvalue weighted by Gasteiger charge is -2.06. The van der Waals surface area contributed by atoms with Crippen LogP contribution in [-0.2, 0) is 17.9 Å². The van der Waals surface area contributed by atoms with Crippen molar-refractivity contribution in [3.63, 3.8) is 0 Å². The lowest BCUT2D eigenvalue weighted by molar-refractivity contribution is 0.116. The van der Waals surface area contributed by atoms with Gasteiger partial charge in [-0.1, -0.05) is 42.5 Å². The van der Waals surface area contributed by atoms with Gasteiger partial charge in [0.1, 0.15) is 0 Å². The Kier molecular flexibility index (Phi) is 4.09. The van der Waals surface area contributed by atoms with Crippen LogP contribution in [0.1, 0.15) is 12.0 Å². The molecule has 1 heterocycles. The summed E-state index contributed by atoms with van der Waals surface area (Å²) in [6.07, 6.45) is 2.90. The first-order chi connectivity index (χ1) is 9.93.